The number of esters is 1. The molecule has 1 aliphatic carbocycles. The van der Waals surface area contributed by atoms with Crippen LogP contribution in [0.4, 0.5) is 0 Å². The first-order valence-corrected chi connectivity index (χ1v) is 15.3. The molecule has 3 aromatic carbocycles. The zero-order chi connectivity index (χ0) is 28.4. The Morgan fingerprint density at radius 2 is 1.54 bits per heavy atom. The molecule has 5 rings (SSSR count). The molecular weight excluding hydrogens is 506 g/mol. The van der Waals surface area contributed by atoms with Crippen LogP contribution in [-0.2, 0) is 24.4 Å². The number of carbonyl (C=O) groups is 1. The zero-order valence-electron chi connectivity index (χ0n) is 24.6. The van der Waals surface area contributed by atoms with Crippen LogP contribution in [0, 0.1) is 5.92 Å². The van der Waals surface area contributed by atoms with Gasteiger partial charge in [-0.05, 0) is 36.8 Å². The molecular formula is C36H43N3O2. The maximum Gasteiger partial charge on any atom is 0.338 e. The van der Waals surface area contributed by atoms with Crippen molar-refractivity contribution in [2.45, 2.75) is 71.5 Å². The van der Waals surface area contributed by atoms with Gasteiger partial charge in [-0.15, -0.1) is 0 Å². The Morgan fingerprint density at radius 3 is 2.22 bits per heavy atom. The molecule has 1 aromatic heterocycles. The number of hydrogen-bond acceptors (Lipinski definition) is 4. The highest BCUT2D eigenvalue weighted by atomic mass is 16.5. The van der Waals surface area contributed by atoms with E-state index < -0.39 is 0 Å². The number of carbonyl (C=O) groups excluding carboxylic acids is 1. The summed E-state index contributed by atoms with van der Waals surface area (Å²) in [5.74, 6) is 1.41. The number of imidazole rings is 1. The van der Waals surface area contributed by atoms with Gasteiger partial charge in [0, 0.05) is 37.3 Å². The molecule has 1 aliphatic rings. The number of unbranched alkanes of at least 4 members (excludes halogenated alkanes) is 1. The van der Waals surface area contributed by atoms with Crippen LogP contribution in [0.3, 0.4) is 0 Å². The standard InChI is InChI=1S/C36H43N3O2/c1-3-4-24-39-33(34(29-18-10-6-11-19-29)37-35(39)30-20-12-7-13-21-30)27-38(25-28-16-8-5-9-17-28)26-31-22-14-15-23-32(31)36(40)41-2/h6-7,10-15,18-23,28H,3-5,8-9,16-17,24-27H2,1-2H3. The number of rotatable bonds is 12. The van der Waals surface area contributed by atoms with Crippen LogP contribution in [0.1, 0.15) is 73.5 Å². The van der Waals surface area contributed by atoms with Crippen molar-refractivity contribution < 1.29 is 9.53 Å². The summed E-state index contributed by atoms with van der Waals surface area (Å²) in [5, 5.41) is 0. The molecule has 1 fully saturated rings. The molecule has 1 heterocycles. The first-order valence-electron chi connectivity index (χ1n) is 15.3. The summed E-state index contributed by atoms with van der Waals surface area (Å²) in [7, 11) is 1.46. The van der Waals surface area contributed by atoms with E-state index in [2.05, 4.69) is 83.1 Å². The minimum atomic E-state index is -0.275. The lowest BCUT2D eigenvalue weighted by atomic mass is 9.88. The third kappa shape index (κ3) is 7.15. The highest BCUT2D eigenvalue weighted by Gasteiger charge is 2.25. The van der Waals surface area contributed by atoms with Gasteiger partial charge in [0.05, 0.1) is 24.1 Å². The smallest absolute Gasteiger partial charge is 0.338 e. The van der Waals surface area contributed by atoms with Crippen molar-refractivity contribution in [2.24, 2.45) is 5.92 Å². The molecule has 4 aromatic rings. The van der Waals surface area contributed by atoms with Crippen LogP contribution in [-0.4, -0.2) is 34.1 Å². The largest absolute Gasteiger partial charge is 0.465 e. The van der Waals surface area contributed by atoms with E-state index in [1.165, 1.54) is 44.9 Å². The molecule has 0 N–H and O–H groups in total. The Kier molecular flexibility index (Phi) is 10.0. The predicted octanol–water partition coefficient (Wildman–Crippen LogP) is 8.39. The molecule has 0 bridgehead atoms. The van der Waals surface area contributed by atoms with Crippen molar-refractivity contribution in [3.8, 4) is 22.6 Å². The van der Waals surface area contributed by atoms with Crippen molar-refractivity contribution in [3.05, 3.63) is 102 Å². The van der Waals surface area contributed by atoms with E-state index in [1.807, 2.05) is 18.2 Å². The van der Waals surface area contributed by atoms with Crippen molar-refractivity contribution >= 4 is 5.97 Å². The molecule has 0 radical (unpaired) electrons. The highest BCUT2D eigenvalue weighted by molar-refractivity contribution is 5.90. The molecule has 0 aliphatic heterocycles. The lowest BCUT2D eigenvalue weighted by Crippen LogP contribution is -2.31. The third-order valence-corrected chi connectivity index (χ3v) is 8.32. The molecule has 1 saturated carbocycles. The fourth-order valence-corrected chi connectivity index (χ4v) is 6.18. The number of nitrogens with zero attached hydrogens (tertiary/aromatic N) is 3. The molecule has 5 heteroatoms. The second-order valence-corrected chi connectivity index (χ2v) is 11.3. The van der Waals surface area contributed by atoms with Crippen LogP contribution in [0.25, 0.3) is 22.6 Å². The van der Waals surface area contributed by atoms with E-state index in [0.717, 1.165) is 60.7 Å². The van der Waals surface area contributed by atoms with Crippen LogP contribution in [0.5, 0.6) is 0 Å². The Labute approximate surface area is 245 Å². The average molecular weight is 550 g/mol. The third-order valence-electron chi connectivity index (χ3n) is 8.32. The Morgan fingerprint density at radius 1 is 0.878 bits per heavy atom. The van der Waals surface area contributed by atoms with Crippen molar-refractivity contribution in [3.63, 3.8) is 0 Å². The second kappa shape index (κ2) is 14.3. The zero-order valence-corrected chi connectivity index (χ0v) is 24.6. The average Bonchev–Trinajstić information content (AvgIpc) is 3.38. The normalized spacial score (nSPS) is 13.9. The molecule has 5 nitrogen and oxygen atoms in total. The van der Waals surface area contributed by atoms with Gasteiger partial charge in [-0.25, -0.2) is 9.78 Å². The molecule has 0 spiro atoms. The molecule has 0 unspecified atom stereocenters. The van der Waals surface area contributed by atoms with Gasteiger partial charge in [-0.1, -0.05) is 111 Å². The molecule has 0 saturated heterocycles. The summed E-state index contributed by atoms with van der Waals surface area (Å²) in [6.45, 7) is 5.63. The van der Waals surface area contributed by atoms with Crippen molar-refractivity contribution in [1.29, 1.82) is 0 Å². The number of ether oxygens (including phenoxy) is 1. The van der Waals surface area contributed by atoms with E-state index in [4.69, 9.17) is 9.72 Å². The highest BCUT2D eigenvalue weighted by Crippen LogP contribution is 2.33. The quantitative estimate of drug-likeness (QED) is 0.167. The van der Waals surface area contributed by atoms with Crippen molar-refractivity contribution in [1.82, 2.24) is 14.5 Å². The first-order chi connectivity index (χ1) is 20.2. The number of aromatic nitrogens is 2. The number of hydrogen-bond donors (Lipinski definition) is 0. The van der Waals surface area contributed by atoms with E-state index in [0.29, 0.717) is 18.0 Å². The minimum Gasteiger partial charge on any atom is -0.465 e. The van der Waals surface area contributed by atoms with Crippen molar-refractivity contribution in [2.75, 3.05) is 13.7 Å². The van der Waals surface area contributed by atoms with Crippen LogP contribution in [0.2, 0.25) is 0 Å². The summed E-state index contributed by atoms with van der Waals surface area (Å²) >= 11 is 0. The Bertz CT molecular complexity index is 1390. The predicted molar refractivity (Wildman–Crippen MR) is 166 cm³/mol. The molecule has 41 heavy (non-hydrogen) atoms. The van der Waals surface area contributed by atoms with Gasteiger partial charge >= 0.3 is 5.97 Å². The van der Waals surface area contributed by atoms with Gasteiger partial charge in [-0.3, -0.25) is 4.90 Å². The minimum absolute atomic E-state index is 0.275. The van der Waals surface area contributed by atoms with Gasteiger partial charge in [0.25, 0.3) is 0 Å². The molecule has 214 valence electrons. The summed E-state index contributed by atoms with van der Waals surface area (Å²) in [6.07, 6.45) is 8.69. The lowest BCUT2D eigenvalue weighted by Gasteiger charge is -2.31. The fraction of sp³-hybridized carbons (Fsp3) is 0.389. The maximum absolute atomic E-state index is 12.7. The summed E-state index contributed by atoms with van der Waals surface area (Å²) in [5.41, 5.74) is 6.24. The topological polar surface area (TPSA) is 47.4 Å². The van der Waals surface area contributed by atoms with Gasteiger partial charge in [0.15, 0.2) is 0 Å². The van der Waals surface area contributed by atoms with E-state index in [9.17, 15) is 4.79 Å². The fourth-order valence-electron chi connectivity index (χ4n) is 6.18. The number of methoxy groups -OCH3 is 1. The SMILES string of the molecule is CCCCn1c(-c2ccccc2)nc(-c2ccccc2)c1CN(Cc1ccccc1C(=O)OC)CC1CCCCC1. The summed E-state index contributed by atoms with van der Waals surface area (Å²) in [6, 6.07) is 29.1. The van der Waals surface area contributed by atoms with Gasteiger partial charge < -0.3 is 9.30 Å². The molecule has 0 atom stereocenters. The Balaban J connectivity index is 1.59. The van der Waals surface area contributed by atoms with Gasteiger partial charge in [-0.2, -0.15) is 0 Å². The second-order valence-electron chi connectivity index (χ2n) is 11.3. The van der Waals surface area contributed by atoms with Gasteiger partial charge in [0.2, 0.25) is 0 Å². The van der Waals surface area contributed by atoms with E-state index >= 15 is 0 Å². The molecule has 0 amide bonds. The summed E-state index contributed by atoms with van der Waals surface area (Å²) in [4.78, 5) is 20.6. The monoisotopic (exact) mass is 549 g/mol. The van der Waals surface area contributed by atoms with E-state index in [-0.39, 0.29) is 5.97 Å². The van der Waals surface area contributed by atoms with Crippen LogP contribution in [0.15, 0.2) is 84.9 Å². The van der Waals surface area contributed by atoms with E-state index in [1.54, 1.807) is 0 Å². The Hall–Kier alpha value is -3.70. The van der Waals surface area contributed by atoms with Crippen LogP contribution < -0.4 is 0 Å². The lowest BCUT2D eigenvalue weighted by molar-refractivity contribution is 0.0597. The van der Waals surface area contributed by atoms with Crippen LogP contribution >= 0.6 is 0 Å². The summed E-state index contributed by atoms with van der Waals surface area (Å²) < 4.78 is 7.61. The maximum atomic E-state index is 12.7. The first kappa shape index (κ1) is 28.8. The van der Waals surface area contributed by atoms with Gasteiger partial charge in [0.1, 0.15) is 5.82 Å². The number of benzene rings is 3.